The van der Waals surface area contributed by atoms with Gasteiger partial charge in [-0.15, -0.1) is 0 Å². The van der Waals surface area contributed by atoms with E-state index in [2.05, 4.69) is 41.1 Å². The maximum absolute atomic E-state index is 11.4. The lowest BCUT2D eigenvalue weighted by Gasteiger charge is -2.47. The van der Waals surface area contributed by atoms with Crippen LogP contribution in [0.15, 0.2) is 36.4 Å². The molecule has 0 aromatic heterocycles. The molecule has 0 radical (unpaired) electrons. The molecule has 2 aliphatic rings. The summed E-state index contributed by atoms with van der Waals surface area (Å²) in [4.78, 5) is 18.2. The van der Waals surface area contributed by atoms with Crippen molar-refractivity contribution in [3.63, 3.8) is 0 Å². The highest BCUT2D eigenvalue weighted by Crippen LogP contribution is 2.34. The van der Waals surface area contributed by atoms with Crippen LogP contribution >= 0.6 is 34.8 Å². The fourth-order valence-electron chi connectivity index (χ4n) is 5.15. The van der Waals surface area contributed by atoms with E-state index in [1.54, 1.807) is 11.0 Å². The van der Waals surface area contributed by atoms with E-state index in [-0.39, 0.29) is 12.1 Å². The van der Waals surface area contributed by atoms with E-state index in [4.69, 9.17) is 40.5 Å². The van der Waals surface area contributed by atoms with Gasteiger partial charge in [0.1, 0.15) is 0 Å². The normalized spacial score (nSPS) is 20.9. The predicted molar refractivity (Wildman–Crippen MR) is 143 cm³/mol. The molecule has 0 bridgehead atoms. The second-order valence-electron chi connectivity index (χ2n) is 9.29. The van der Waals surface area contributed by atoms with Crippen LogP contribution in [0.2, 0.25) is 15.1 Å². The van der Waals surface area contributed by atoms with Gasteiger partial charge in [-0.1, -0.05) is 40.9 Å². The molecule has 9 heteroatoms. The van der Waals surface area contributed by atoms with Gasteiger partial charge < -0.3 is 20.9 Å². The highest BCUT2D eigenvalue weighted by atomic mass is 35.5. The molecule has 2 aromatic rings. The van der Waals surface area contributed by atoms with Gasteiger partial charge in [0.15, 0.2) is 0 Å². The molecular formula is C25H32Cl3N5O. The summed E-state index contributed by atoms with van der Waals surface area (Å²) in [6.07, 6.45) is 1.96. The minimum atomic E-state index is -0.309. The number of nitrogens with one attached hydrogen (secondary N) is 1. The SMILES string of the molecule is CC(Nc1cc(N2CCN(C3CCN(C(N)=O)CC3)C(C)C2)ccc1Cl)c1ccc(Cl)cc1Cl. The summed E-state index contributed by atoms with van der Waals surface area (Å²) in [6, 6.07) is 12.3. The van der Waals surface area contributed by atoms with Gasteiger partial charge in [-0.3, -0.25) is 4.90 Å². The summed E-state index contributed by atoms with van der Waals surface area (Å²) in [7, 11) is 0. The molecule has 3 N–H and O–H groups in total. The summed E-state index contributed by atoms with van der Waals surface area (Å²) >= 11 is 19.0. The first kappa shape index (κ1) is 25.2. The fourth-order valence-corrected chi connectivity index (χ4v) is 5.90. The standard InChI is InChI=1S/C25H32Cl3N5O/c1-16-15-32(11-12-33(16)19-7-9-31(10-8-19)25(29)34)20-4-6-22(27)24(14-20)30-17(2)21-5-3-18(26)13-23(21)28/h3-6,13-14,16-17,19,30H,7-12,15H2,1-2H3,(H2,29,34). The van der Waals surface area contributed by atoms with Crippen LogP contribution in [0.25, 0.3) is 0 Å². The molecule has 0 saturated carbocycles. The van der Waals surface area contributed by atoms with Crippen molar-refractivity contribution in [1.29, 1.82) is 0 Å². The monoisotopic (exact) mass is 523 g/mol. The highest BCUT2D eigenvalue weighted by molar-refractivity contribution is 6.35. The molecule has 2 atom stereocenters. The molecule has 2 amide bonds. The molecule has 34 heavy (non-hydrogen) atoms. The van der Waals surface area contributed by atoms with Crippen molar-refractivity contribution in [1.82, 2.24) is 9.80 Å². The Morgan fingerprint density at radius 3 is 2.41 bits per heavy atom. The number of hydrogen-bond donors (Lipinski definition) is 2. The Balaban J connectivity index is 1.40. The van der Waals surface area contributed by atoms with E-state index < -0.39 is 0 Å². The zero-order chi connectivity index (χ0) is 24.4. The van der Waals surface area contributed by atoms with Gasteiger partial charge in [-0.25, -0.2) is 4.79 Å². The highest BCUT2D eigenvalue weighted by Gasteiger charge is 2.32. The van der Waals surface area contributed by atoms with Crippen molar-refractivity contribution in [3.8, 4) is 0 Å². The number of likely N-dealkylation sites (tertiary alicyclic amines) is 1. The number of benzene rings is 2. The van der Waals surface area contributed by atoms with Crippen LogP contribution < -0.4 is 16.0 Å². The molecule has 0 aliphatic carbocycles. The molecule has 2 fully saturated rings. The number of nitrogens with two attached hydrogens (primary N) is 1. The van der Waals surface area contributed by atoms with E-state index in [0.29, 0.717) is 27.2 Å². The maximum atomic E-state index is 11.4. The Bertz CT molecular complexity index is 1030. The van der Waals surface area contributed by atoms with Crippen LogP contribution in [0.4, 0.5) is 16.2 Å². The Labute approximate surface area is 216 Å². The molecule has 0 spiro atoms. The number of piperidine rings is 1. The quantitative estimate of drug-likeness (QED) is 0.513. The van der Waals surface area contributed by atoms with Gasteiger partial charge in [0.25, 0.3) is 0 Å². The summed E-state index contributed by atoms with van der Waals surface area (Å²) in [5, 5.41) is 5.44. The lowest BCUT2D eigenvalue weighted by atomic mass is 9.99. The summed E-state index contributed by atoms with van der Waals surface area (Å²) in [5.41, 5.74) is 8.44. The van der Waals surface area contributed by atoms with Gasteiger partial charge >= 0.3 is 6.03 Å². The number of carbonyl (C=O) groups is 1. The van der Waals surface area contributed by atoms with Gasteiger partial charge in [0, 0.05) is 60.5 Å². The predicted octanol–water partition coefficient (Wildman–Crippen LogP) is 5.87. The number of carbonyl (C=O) groups excluding carboxylic acids is 1. The molecular weight excluding hydrogens is 493 g/mol. The summed E-state index contributed by atoms with van der Waals surface area (Å²) in [6.45, 7) is 8.71. The largest absolute Gasteiger partial charge is 0.377 e. The van der Waals surface area contributed by atoms with Crippen molar-refractivity contribution < 1.29 is 4.79 Å². The summed E-state index contributed by atoms with van der Waals surface area (Å²) in [5.74, 6) is 0. The van der Waals surface area contributed by atoms with Crippen molar-refractivity contribution in [2.24, 2.45) is 5.73 Å². The molecule has 2 heterocycles. The van der Waals surface area contributed by atoms with Crippen LogP contribution in [0.3, 0.4) is 0 Å². The zero-order valence-electron chi connectivity index (χ0n) is 19.6. The van der Waals surface area contributed by atoms with Crippen molar-refractivity contribution in [3.05, 3.63) is 57.0 Å². The van der Waals surface area contributed by atoms with Crippen LogP contribution in [-0.2, 0) is 0 Å². The van der Waals surface area contributed by atoms with E-state index >= 15 is 0 Å². The van der Waals surface area contributed by atoms with Gasteiger partial charge in [0.2, 0.25) is 0 Å². The minimum absolute atomic E-state index is 0.0282. The number of halogens is 3. The van der Waals surface area contributed by atoms with Crippen molar-refractivity contribution in [2.45, 2.75) is 44.8 Å². The number of hydrogen-bond acceptors (Lipinski definition) is 4. The van der Waals surface area contributed by atoms with Gasteiger partial charge in [-0.2, -0.15) is 0 Å². The average molecular weight is 525 g/mol. The first-order chi connectivity index (χ1) is 16.2. The summed E-state index contributed by atoms with van der Waals surface area (Å²) < 4.78 is 0. The van der Waals surface area contributed by atoms with E-state index in [0.717, 1.165) is 62.5 Å². The van der Waals surface area contributed by atoms with E-state index in [9.17, 15) is 4.79 Å². The third-order valence-electron chi connectivity index (χ3n) is 7.04. The lowest BCUT2D eigenvalue weighted by molar-refractivity contribution is 0.0813. The number of nitrogens with zero attached hydrogens (tertiary/aromatic N) is 3. The van der Waals surface area contributed by atoms with Gasteiger partial charge in [0.05, 0.1) is 16.8 Å². The number of urea groups is 1. The molecule has 2 unspecified atom stereocenters. The number of primary amides is 1. The van der Waals surface area contributed by atoms with Crippen LogP contribution in [0.1, 0.15) is 38.3 Å². The first-order valence-electron chi connectivity index (χ1n) is 11.8. The van der Waals surface area contributed by atoms with Crippen LogP contribution in [0, 0.1) is 0 Å². The zero-order valence-corrected chi connectivity index (χ0v) is 21.9. The Morgan fingerprint density at radius 1 is 1.03 bits per heavy atom. The fraction of sp³-hybridized carbons (Fsp3) is 0.480. The Kier molecular flexibility index (Phi) is 8.03. The van der Waals surface area contributed by atoms with E-state index in [1.165, 1.54) is 0 Å². The van der Waals surface area contributed by atoms with Crippen molar-refractivity contribution in [2.75, 3.05) is 42.9 Å². The molecule has 2 aromatic carbocycles. The molecule has 2 saturated heterocycles. The number of amides is 2. The third-order valence-corrected chi connectivity index (χ3v) is 7.93. The van der Waals surface area contributed by atoms with E-state index in [1.807, 2.05) is 18.2 Å². The van der Waals surface area contributed by atoms with Crippen LogP contribution in [-0.4, -0.2) is 60.6 Å². The van der Waals surface area contributed by atoms with Crippen LogP contribution in [0.5, 0.6) is 0 Å². The number of anilines is 2. The molecule has 2 aliphatic heterocycles. The second-order valence-corrected chi connectivity index (χ2v) is 10.5. The molecule has 184 valence electrons. The Hall–Kier alpha value is -1.86. The number of piperazine rings is 1. The minimum Gasteiger partial charge on any atom is -0.377 e. The smallest absolute Gasteiger partial charge is 0.314 e. The lowest BCUT2D eigenvalue weighted by Crippen LogP contribution is -2.58. The first-order valence-corrected chi connectivity index (χ1v) is 12.9. The maximum Gasteiger partial charge on any atom is 0.314 e. The molecule has 6 nitrogen and oxygen atoms in total. The third kappa shape index (κ3) is 5.68. The van der Waals surface area contributed by atoms with Gasteiger partial charge in [-0.05, 0) is 62.6 Å². The second kappa shape index (κ2) is 10.8. The topological polar surface area (TPSA) is 64.8 Å². The molecule has 4 rings (SSSR count). The van der Waals surface area contributed by atoms with Crippen molar-refractivity contribution >= 4 is 52.2 Å². The average Bonchev–Trinajstić information content (AvgIpc) is 2.80. The Morgan fingerprint density at radius 2 is 1.76 bits per heavy atom. The number of rotatable bonds is 5.